The van der Waals surface area contributed by atoms with Crippen LogP contribution in [0.15, 0.2) is 144 Å². The quantitative estimate of drug-likeness (QED) is 0.183. The van der Waals surface area contributed by atoms with Crippen LogP contribution in [0.2, 0.25) is 0 Å². The smallest absolute Gasteiger partial charge is 0.234 e. The Kier molecular flexibility index (Phi) is 3.98. The van der Waals surface area contributed by atoms with Crippen LogP contribution >= 0.6 is 0 Å². The lowest BCUT2D eigenvalue weighted by molar-refractivity contribution is 0.193. The highest BCUT2D eigenvalue weighted by atomic mass is 16.3. The van der Waals surface area contributed by atoms with Crippen LogP contribution in [0.3, 0.4) is 0 Å². The monoisotopic (exact) mass is 702 g/mol. The van der Waals surface area contributed by atoms with Gasteiger partial charge in [-0.15, -0.1) is 0 Å². The van der Waals surface area contributed by atoms with Gasteiger partial charge in [0.25, 0.3) is 0 Å². The van der Waals surface area contributed by atoms with Gasteiger partial charge in [-0.05, 0) is 67.7 Å². The molecule has 6 aromatic carbocycles. The molecule has 0 spiro atoms. The van der Waals surface area contributed by atoms with Gasteiger partial charge >= 0.3 is 0 Å². The number of hydrogen-bond acceptors (Lipinski definition) is 5. The van der Waals surface area contributed by atoms with Gasteiger partial charge < -0.3 is 13.9 Å². The topological polar surface area (TPSA) is 60.0 Å². The summed E-state index contributed by atoms with van der Waals surface area (Å²) < 4.78 is 143. The normalized spacial score (nSPS) is 23.7. The fourth-order valence-electron chi connectivity index (χ4n) is 8.65. The Morgan fingerprint density at radius 2 is 1.30 bits per heavy atom. The first-order valence-corrected chi connectivity index (χ1v) is 17.4. The van der Waals surface area contributed by atoms with E-state index in [4.69, 9.17) is 31.7 Å². The molecule has 1 fully saturated rings. The summed E-state index contributed by atoms with van der Waals surface area (Å²) in [4.78, 5) is 16.8. The maximum Gasteiger partial charge on any atom is 0.234 e. The minimum atomic E-state index is -0.992. The summed E-state index contributed by atoms with van der Waals surface area (Å²) in [6.07, 6.45) is 2.55. The summed E-state index contributed by atoms with van der Waals surface area (Å²) >= 11 is 0. The van der Waals surface area contributed by atoms with Crippen molar-refractivity contribution >= 4 is 55.4 Å². The molecule has 11 rings (SSSR count). The highest BCUT2D eigenvalue weighted by Gasteiger charge is 2.58. The van der Waals surface area contributed by atoms with Crippen molar-refractivity contribution in [1.82, 2.24) is 19.5 Å². The second-order valence-electron chi connectivity index (χ2n) is 14.0. The van der Waals surface area contributed by atoms with Crippen LogP contribution in [0.4, 0.5) is 11.6 Å². The molecule has 0 saturated heterocycles. The van der Waals surface area contributed by atoms with E-state index in [9.17, 15) is 8.22 Å². The Morgan fingerprint density at radius 1 is 0.604 bits per heavy atom. The summed E-state index contributed by atoms with van der Waals surface area (Å²) in [5, 5.41) is 1.32. The molecule has 2 aliphatic rings. The maximum atomic E-state index is 9.64. The van der Waals surface area contributed by atoms with Crippen molar-refractivity contribution < 1.29 is 25.0 Å². The van der Waals surface area contributed by atoms with Gasteiger partial charge in [0.2, 0.25) is 5.95 Å². The molecule has 2 unspecified atom stereocenters. The first kappa shape index (κ1) is 19.0. The number of rotatable bonds is 4. The summed E-state index contributed by atoms with van der Waals surface area (Å²) in [5.74, 6) is -0.518. The molecular weight excluding hydrogens is 651 g/mol. The lowest BCUT2D eigenvalue weighted by Gasteiger charge is -2.49. The molecule has 1 aliphatic heterocycles. The number of hydrogen-bond donors (Lipinski definition) is 0. The van der Waals surface area contributed by atoms with Crippen LogP contribution < -0.4 is 4.90 Å². The molecule has 53 heavy (non-hydrogen) atoms. The Balaban J connectivity index is 1.33. The van der Waals surface area contributed by atoms with Gasteiger partial charge in [0.05, 0.1) is 48.4 Å². The zero-order valence-corrected chi connectivity index (χ0v) is 28.6. The van der Waals surface area contributed by atoms with Crippen molar-refractivity contribution in [3.63, 3.8) is 0 Å². The molecular formula is C47H37N5O. The molecule has 1 saturated carbocycles. The summed E-state index contributed by atoms with van der Waals surface area (Å²) in [6.45, 7) is 3.93. The third-order valence-corrected chi connectivity index (χ3v) is 11.4. The number of benzene rings is 6. The van der Waals surface area contributed by atoms with E-state index in [-0.39, 0.29) is 62.7 Å². The van der Waals surface area contributed by atoms with Gasteiger partial charge in [-0.25, -0.2) is 4.98 Å². The highest BCUT2D eigenvalue weighted by Crippen LogP contribution is 2.60. The summed E-state index contributed by atoms with van der Waals surface area (Å²) in [6, 6.07) is 5.72. The van der Waals surface area contributed by atoms with E-state index in [1.165, 1.54) is 6.07 Å². The Bertz CT molecular complexity index is 3780. The lowest BCUT2D eigenvalue weighted by atomic mass is 9.61. The fraction of sp³-hybridized carbons (Fsp3) is 0.170. The van der Waals surface area contributed by atoms with Crippen molar-refractivity contribution in [2.24, 2.45) is 0 Å². The van der Waals surface area contributed by atoms with E-state index in [1.807, 2.05) is 44.2 Å². The first-order chi connectivity index (χ1) is 32.2. The molecule has 4 heterocycles. The average Bonchev–Trinajstić information content (AvgIpc) is 3.94. The predicted molar refractivity (Wildman–Crippen MR) is 215 cm³/mol. The molecule has 6 nitrogen and oxygen atoms in total. The Hall–Kier alpha value is -6.27. The third kappa shape index (κ3) is 4.17. The predicted octanol–water partition coefficient (Wildman–Crippen LogP) is 11.9. The fourth-order valence-corrected chi connectivity index (χ4v) is 8.65. The average molecular weight is 703 g/mol. The molecule has 1 aliphatic carbocycles. The van der Waals surface area contributed by atoms with E-state index in [2.05, 4.69) is 0 Å². The van der Waals surface area contributed by atoms with Gasteiger partial charge in [0.15, 0.2) is 11.6 Å². The lowest BCUT2D eigenvalue weighted by Crippen LogP contribution is -2.55. The van der Waals surface area contributed by atoms with Crippen molar-refractivity contribution in [1.29, 1.82) is 0 Å². The van der Waals surface area contributed by atoms with Crippen LogP contribution in [-0.2, 0) is 5.41 Å². The number of para-hydroxylation sites is 6. The van der Waals surface area contributed by atoms with E-state index < -0.39 is 95.2 Å². The van der Waals surface area contributed by atoms with Crippen LogP contribution in [-0.4, -0.2) is 25.1 Å². The van der Waals surface area contributed by atoms with Crippen LogP contribution in [0.5, 0.6) is 0 Å². The van der Waals surface area contributed by atoms with E-state index in [1.54, 1.807) is 17.0 Å². The second-order valence-corrected chi connectivity index (χ2v) is 14.0. The molecule has 3 aromatic heterocycles. The van der Waals surface area contributed by atoms with Gasteiger partial charge in [0, 0.05) is 38.2 Å². The van der Waals surface area contributed by atoms with E-state index in [0.29, 0.717) is 40.5 Å². The molecule has 0 N–H and O–H groups in total. The summed E-state index contributed by atoms with van der Waals surface area (Å²) in [7, 11) is 0. The van der Waals surface area contributed by atoms with Gasteiger partial charge in [-0.2, -0.15) is 9.97 Å². The zero-order chi connectivity index (χ0) is 48.4. The minimum Gasteiger partial charge on any atom is -0.455 e. The number of fused-ring (bicyclic) bond motifs is 9. The first-order valence-electron chi connectivity index (χ1n) is 24.9. The molecule has 9 aromatic rings. The number of anilines is 2. The number of aromatic nitrogens is 4. The maximum absolute atomic E-state index is 9.64. The highest BCUT2D eigenvalue weighted by molar-refractivity contribution is 6.10. The molecule has 0 radical (unpaired) electrons. The van der Waals surface area contributed by atoms with Crippen LogP contribution in [0.1, 0.15) is 65.7 Å². The molecule has 6 heteroatoms. The van der Waals surface area contributed by atoms with Crippen molar-refractivity contribution in [3.8, 4) is 28.5 Å². The molecule has 0 amide bonds. The van der Waals surface area contributed by atoms with Gasteiger partial charge in [0.1, 0.15) is 11.2 Å². The minimum absolute atomic E-state index is 0.0303. The summed E-state index contributed by atoms with van der Waals surface area (Å²) in [5.41, 5.74) is -1.36. The Morgan fingerprint density at radius 3 is 2.21 bits per heavy atom. The molecule has 2 atom stereocenters. The second kappa shape index (κ2) is 11.1. The van der Waals surface area contributed by atoms with E-state index >= 15 is 0 Å². The number of furan rings is 1. The zero-order valence-electron chi connectivity index (χ0n) is 43.6. The van der Waals surface area contributed by atoms with Gasteiger partial charge in [-0.1, -0.05) is 117 Å². The molecule has 256 valence electrons. The van der Waals surface area contributed by atoms with Crippen LogP contribution in [0.25, 0.3) is 72.2 Å². The van der Waals surface area contributed by atoms with Gasteiger partial charge in [-0.3, -0.25) is 0 Å². The van der Waals surface area contributed by atoms with Crippen molar-refractivity contribution in [3.05, 3.63) is 145 Å². The Labute approximate surface area is 328 Å². The van der Waals surface area contributed by atoms with E-state index in [0.717, 1.165) is 22.8 Å². The SMILES string of the molecule is [2H]c1cc2c3c([2H])c([2H])c([2H])c([2H])c3n(-c3c([2H])c([2H])c([2H])c([2H])c3-c3nc(-c4cccc5c4oc4ccccc45)nc(N4c5c([2H])c([2H])c([2H])c([2H])c5C5(C)CCCCC45C)n3)c2c([2H])c1[2H]. The molecule has 0 bridgehead atoms. The largest absolute Gasteiger partial charge is 0.455 e. The number of nitrogens with zero attached hydrogens (tertiary/aromatic N) is 5. The van der Waals surface area contributed by atoms with Crippen molar-refractivity contribution in [2.75, 3.05) is 4.90 Å². The standard InChI is InChI=1S/C47H37N5O/c1-46-28-13-14-29-47(46,2)52(40-26-11-7-22-36(40)46)45-49-43(48-44(50-45)35-21-15-20-33-32-18-6-12-27-41(32)53-42(33)35)34-19-5-10-25-39(34)51-37-23-8-3-16-30(37)31-17-4-9-24-38(31)51/h3-12,15-27H,13-14,28-29H2,1-2H3/i3D,4D,5D,7D,8D,9D,10D,11D,16D,19D,22D,23D,24D,25D,26D. The third-order valence-electron chi connectivity index (χ3n) is 11.4. The van der Waals surface area contributed by atoms with Crippen LogP contribution in [0, 0.1) is 0 Å². The van der Waals surface area contributed by atoms with Crippen molar-refractivity contribution in [2.45, 2.75) is 50.5 Å².